The summed E-state index contributed by atoms with van der Waals surface area (Å²) in [6.45, 7) is 2.10. The number of aryl methyl sites for hydroxylation is 2. The zero-order valence-corrected chi connectivity index (χ0v) is 10.5. The van der Waals surface area contributed by atoms with Crippen molar-refractivity contribution in [3.63, 3.8) is 0 Å². The van der Waals surface area contributed by atoms with Gasteiger partial charge in [0.2, 0.25) is 0 Å². The van der Waals surface area contributed by atoms with Gasteiger partial charge in [-0.2, -0.15) is 0 Å². The van der Waals surface area contributed by atoms with Gasteiger partial charge in [0.15, 0.2) is 0 Å². The molecule has 0 bridgehead atoms. The molecular weight excluding hydrogens is 226 g/mol. The highest BCUT2D eigenvalue weighted by Crippen LogP contribution is 2.24. The van der Waals surface area contributed by atoms with Gasteiger partial charge in [0.25, 0.3) is 0 Å². The van der Waals surface area contributed by atoms with E-state index in [-0.39, 0.29) is 0 Å². The standard InChI is InChI=1S/C14H17N3O/c1-10-5-2-3-6-11(10)9-13-16-15-12-7-4-8-14(18)17(12)13/h2-3,5-6,14,18H,4,7-9H2,1H3. The molecule has 4 heteroatoms. The lowest BCUT2D eigenvalue weighted by Crippen LogP contribution is -2.19. The van der Waals surface area contributed by atoms with Crippen molar-refractivity contribution in [3.8, 4) is 0 Å². The van der Waals surface area contributed by atoms with Gasteiger partial charge in [0.05, 0.1) is 0 Å². The first kappa shape index (κ1) is 11.4. The van der Waals surface area contributed by atoms with E-state index in [4.69, 9.17) is 0 Å². The highest BCUT2D eigenvalue weighted by atomic mass is 16.3. The van der Waals surface area contributed by atoms with Crippen LogP contribution in [0.25, 0.3) is 0 Å². The van der Waals surface area contributed by atoms with Crippen molar-refractivity contribution in [1.82, 2.24) is 14.8 Å². The number of rotatable bonds is 2. The van der Waals surface area contributed by atoms with E-state index < -0.39 is 6.23 Å². The van der Waals surface area contributed by atoms with Crippen LogP contribution in [0.1, 0.15) is 41.8 Å². The molecule has 1 aliphatic rings. The summed E-state index contributed by atoms with van der Waals surface area (Å²) in [6, 6.07) is 8.27. The van der Waals surface area contributed by atoms with Gasteiger partial charge in [0, 0.05) is 12.8 Å². The Morgan fingerprint density at radius 1 is 1.33 bits per heavy atom. The van der Waals surface area contributed by atoms with E-state index in [9.17, 15) is 5.11 Å². The summed E-state index contributed by atoms with van der Waals surface area (Å²) in [7, 11) is 0. The molecule has 0 spiro atoms. The summed E-state index contributed by atoms with van der Waals surface area (Å²) in [6.07, 6.45) is 2.98. The molecule has 1 aliphatic heterocycles. The van der Waals surface area contributed by atoms with E-state index in [2.05, 4.69) is 29.3 Å². The van der Waals surface area contributed by atoms with Crippen LogP contribution in [-0.4, -0.2) is 19.9 Å². The molecular formula is C14H17N3O. The van der Waals surface area contributed by atoms with Crippen LogP contribution >= 0.6 is 0 Å². The number of hydrogen-bond acceptors (Lipinski definition) is 3. The summed E-state index contributed by atoms with van der Waals surface area (Å²) in [5.41, 5.74) is 2.49. The molecule has 0 amide bonds. The van der Waals surface area contributed by atoms with Crippen LogP contribution in [0.4, 0.5) is 0 Å². The van der Waals surface area contributed by atoms with Crippen LogP contribution in [0, 0.1) is 6.92 Å². The fourth-order valence-electron chi connectivity index (χ4n) is 2.55. The monoisotopic (exact) mass is 243 g/mol. The Balaban J connectivity index is 1.95. The summed E-state index contributed by atoms with van der Waals surface area (Å²) < 4.78 is 1.90. The molecule has 2 aromatic rings. The van der Waals surface area contributed by atoms with Crippen molar-refractivity contribution in [2.24, 2.45) is 0 Å². The third kappa shape index (κ3) is 1.93. The average molecular weight is 243 g/mol. The van der Waals surface area contributed by atoms with E-state index in [1.54, 1.807) is 0 Å². The number of hydrogen-bond donors (Lipinski definition) is 1. The Morgan fingerprint density at radius 2 is 2.17 bits per heavy atom. The molecule has 0 radical (unpaired) electrons. The minimum Gasteiger partial charge on any atom is -0.373 e. The molecule has 4 nitrogen and oxygen atoms in total. The second-order valence-electron chi connectivity index (χ2n) is 4.88. The molecule has 1 N–H and O–H groups in total. The minimum absolute atomic E-state index is 0.456. The number of nitrogens with zero attached hydrogens (tertiary/aromatic N) is 3. The van der Waals surface area contributed by atoms with Crippen LogP contribution in [-0.2, 0) is 12.8 Å². The Morgan fingerprint density at radius 3 is 3.00 bits per heavy atom. The molecule has 2 heterocycles. The van der Waals surface area contributed by atoms with Crippen molar-refractivity contribution < 1.29 is 5.11 Å². The first-order chi connectivity index (χ1) is 8.75. The van der Waals surface area contributed by atoms with E-state index in [1.165, 1.54) is 11.1 Å². The Bertz CT molecular complexity index is 562. The zero-order chi connectivity index (χ0) is 12.5. The number of aliphatic hydroxyl groups is 1. The van der Waals surface area contributed by atoms with Crippen molar-refractivity contribution in [3.05, 3.63) is 47.0 Å². The maximum Gasteiger partial charge on any atom is 0.139 e. The van der Waals surface area contributed by atoms with Crippen molar-refractivity contribution >= 4 is 0 Å². The molecule has 0 saturated heterocycles. The summed E-state index contributed by atoms with van der Waals surface area (Å²) >= 11 is 0. The second kappa shape index (κ2) is 4.53. The molecule has 1 atom stereocenters. The van der Waals surface area contributed by atoms with Crippen molar-refractivity contribution in [2.45, 2.75) is 38.8 Å². The smallest absolute Gasteiger partial charge is 0.139 e. The maximum atomic E-state index is 10.1. The molecule has 94 valence electrons. The Kier molecular flexibility index (Phi) is 2.88. The Labute approximate surface area is 106 Å². The minimum atomic E-state index is -0.456. The molecule has 1 aromatic carbocycles. The molecule has 18 heavy (non-hydrogen) atoms. The van der Waals surface area contributed by atoms with E-state index >= 15 is 0 Å². The number of fused-ring (bicyclic) bond motifs is 1. The lowest BCUT2D eigenvalue weighted by Gasteiger charge is -2.21. The third-order valence-corrected chi connectivity index (χ3v) is 3.61. The fourth-order valence-corrected chi connectivity index (χ4v) is 2.55. The quantitative estimate of drug-likeness (QED) is 0.877. The lowest BCUT2D eigenvalue weighted by atomic mass is 10.1. The van der Waals surface area contributed by atoms with Gasteiger partial charge in [-0.1, -0.05) is 24.3 Å². The lowest BCUT2D eigenvalue weighted by molar-refractivity contribution is 0.0753. The first-order valence-electron chi connectivity index (χ1n) is 6.41. The van der Waals surface area contributed by atoms with E-state index in [1.807, 2.05) is 16.7 Å². The van der Waals surface area contributed by atoms with E-state index in [0.717, 1.165) is 37.3 Å². The molecule has 1 aromatic heterocycles. The summed E-state index contributed by atoms with van der Waals surface area (Å²) in [4.78, 5) is 0. The topological polar surface area (TPSA) is 50.9 Å². The van der Waals surface area contributed by atoms with Gasteiger partial charge in [-0.3, -0.25) is 4.57 Å². The van der Waals surface area contributed by atoms with E-state index in [0.29, 0.717) is 0 Å². The van der Waals surface area contributed by atoms with Gasteiger partial charge in [-0.15, -0.1) is 10.2 Å². The number of aromatic nitrogens is 3. The molecule has 0 saturated carbocycles. The normalized spacial score (nSPS) is 18.7. The summed E-state index contributed by atoms with van der Waals surface area (Å²) in [5, 5.41) is 18.5. The fraction of sp³-hybridized carbons (Fsp3) is 0.429. The predicted molar refractivity (Wildman–Crippen MR) is 68.2 cm³/mol. The maximum absolute atomic E-state index is 10.1. The van der Waals surface area contributed by atoms with Gasteiger partial charge in [-0.25, -0.2) is 0 Å². The molecule has 3 rings (SSSR count). The largest absolute Gasteiger partial charge is 0.373 e. The van der Waals surface area contributed by atoms with Crippen molar-refractivity contribution in [1.29, 1.82) is 0 Å². The van der Waals surface area contributed by atoms with Crippen molar-refractivity contribution in [2.75, 3.05) is 0 Å². The van der Waals surface area contributed by atoms with Crippen LogP contribution in [0.15, 0.2) is 24.3 Å². The molecule has 1 unspecified atom stereocenters. The third-order valence-electron chi connectivity index (χ3n) is 3.61. The first-order valence-corrected chi connectivity index (χ1v) is 6.41. The van der Waals surface area contributed by atoms with Crippen LogP contribution < -0.4 is 0 Å². The molecule has 0 aliphatic carbocycles. The second-order valence-corrected chi connectivity index (χ2v) is 4.88. The highest BCUT2D eigenvalue weighted by Gasteiger charge is 2.22. The summed E-state index contributed by atoms with van der Waals surface area (Å²) in [5.74, 6) is 1.78. The predicted octanol–water partition coefficient (Wildman–Crippen LogP) is 2.00. The Hall–Kier alpha value is -1.68. The van der Waals surface area contributed by atoms with Gasteiger partial charge >= 0.3 is 0 Å². The average Bonchev–Trinajstić information content (AvgIpc) is 2.77. The highest BCUT2D eigenvalue weighted by molar-refractivity contribution is 5.28. The zero-order valence-electron chi connectivity index (χ0n) is 10.5. The van der Waals surface area contributed by atoms with Gasteiger partial charge < -0.3 is 5.11 Å². The van der Waals surface area contributed by atoms with Crippen LogP contribution in [0.2, 0.25) is 0 Å². The SMILES string of the molecule is Cc1ccccc1Cc1nnc2n1C(O)CCC2. The van der Waals surface area contributed by atoms with Crippen LogP contribution in [0.3, 0.4) is 0 Å². The number of benzene rings is 1. The van der Waals surface area contributed by atoms with Gasteiger partial charge in [-0.05, 0) is 30.9 Å². The molecule has 0 fully saturated rings. The van der Waals surface area contributed by atoms with Crippen LogP contribution in [0.5, 0.6) is 0 Å². The number of aliphatic hydroxyl groups excluding tert-OH is 1. The van der Waals surface area contributed by atoms with Gasteiger partial charge in [0.1, 0.15) is 17.9 Å².